The van der Waals surface area contributed by atoms with Crippen molar-refractivity contribution in [1.29, 1.82) is 0 Å². The average molecular weight is 536 g/mol. The van der Waals surface area contributed by atoms with Gasteiger partial charge in [-0.25, -0.2) is 9.78 Å². The van der Waals surface area contributed by atoms with Crippen LogP contribution >= 0.6 is 22.9 Å². The molecule has 9 nitrogen and oxygen atoms in total. The highest BCUT2D eigenvalue weighted by Crippen LogP contribution is 2.38. The summed E-state index contributed by atoms with van der Waals surface area (Å²) in [5.74, 6) is -0.760. The number of nitrogens with zero attached hydrogens (tertiary/aromatic N) is 4. The summed E-state index contributed by atoms with van der Waals surface area (Å²) in [6.07, 6.45) is 5.29. The molecule has 188 valence electrons. The number of hydrogen-bond donors (Lipinski definition) is 2. The standard InChI is InChI=1S/C26H22ClN5O4S/c1-12-22(33)25-24(36-23(12)15-5-6-17(28-9-15)16-10-29-32(4)11-16)20(14(3)37-25)13(2)30-18-7-8-19(27)31-21(18)26(34)35/h5-11,13,30H,1-4H3,(H,34,35). The molecule has 37 heavy (non-hydrogen) atoms. The third kappa shape index (κ3) is 4.49. The maximum Gasteiger partial charge on any atom is 0.356 e. The maximum absolute atomic E-state index is 13.3. The fourth-order valence-electron chi connectivity index (χ4n) is 4.29. The normalized spacial score (nSPS) is 12.1. The highest BCUT2D eigenvalue weighted by atomic mass is 35.5. The summed E-state index contributed by atoms with van der Waals surface area (Å²) >= 11 is 7.25. The molecule has 0 fully saturated rings. The Balaban J connectivity index is 1.57. The Kier molecular flexibility index (Phi) is 6.30. The summed E-state index contributed by atoms with van der Waals surface area (Å²) in [5.41, 5.74) is 4.06. The van der Waals surface area contributed by atoms with Crippen molar-refractivity contribution in [2.45, 2.75) is 26.8 Å². The van der Waals surface area contributed by atoms with Crippen LogP contribution in [0.3, 0.4) is 0 Å². The highest BCUT2D eigenvalue weighted by molar-refractivity contribution is 7.19. The van der Waals surface area contributed by atoms with Gasteiger partial charge in [-0.3, -0.25) is 14.5 Å². The van der Waals surface area contributed by atoms with Crippen LogP contribution in [-0.2, 0) is 7.05 Å². The van der Waals surface area contributed by atoms with Crippen molar-refractivity contribution in [2.75, 3.05) is 5.32 Å². The minimum absolute atomic E-state index is 0.0852. The second-order valence-electron chi connectivity index (χ2n) is 8.65. The van der Waals surface area contributed by atoms with Crippen molar-refractivity contribution in [3.05, 3.63) is 79.9 Å². The van der Waals surface area contributed by atoms with E-state index in [4.69, 9.17) is 16.0 Å². The van der Waals surface area contributed by atoms with Crippen molar-refractivity contribution >= 4 is 44.9 Å². The van der Waals surface area contributed by atoms with E-state index in [-0.39, 0.29) is 22.3 Å². The van der Waals surface area contributed by atoms with E-state index in [2.05, 4.69) is 20.4 Å². The van der Waals surface area contributed by atoms with Gasteiger partial charge in [0.25, 0.3) is 0 Å². The van der Waals surface area contributed by atoms with Crippen molar-refractivity contribution in [1.82, 2.24) is 19.7 Å². The third-order valence-electron chi connectivity index (χ3n) is 6.07. The molecular weight excluding hydrogens is 514 g/mol. The topological polar surface area (TPSA) is 123 Å². The smallest absolute Gasteiger partial charge is 0.356 e. The number of thiophene rings is 1. The molecule has 0 spiro atoms. The largest absolute Gasteiger partial charge is 0.476 e. The van der Waals surface area contributed by atoms with Gasteiger partial charge < -0.3 is 14.8 Å². The average Bonchev–Trinajstić information content (AvgIpc) is 3.45. The molecular formula is C26H22ClN5O4S. The van der Waals surface area contributed by atoms with Crippen LogP contribution in [0.1, 0.15) is 39.5 Å². The number of carboxylic acids is 1. The van der Waals surface area contributed by atoms with Crippen LogP contribution in [0.15, 0.2) is 52.1 Å². The summed E-state index contributed by atoms with van der Waals surface area (Å²) in [6, 6.07) is 6.43. The predicted molar refractivity (Wildman–Crippen MR) is 144 cm³/mol. The first-order valence-corrected chi connectivity index (χ1v) is 12.5. The molecule has 0 aliphatic heterocycles. The maximum atomic E-state index is 13.3. The molecule has 0 bridgehead atoms. The number of fused-ring (bicyclic) bond motifs is 1. The molecule has 0 radical (unpaired) electrons. The Labute approximate surface area is 220 Å². The molecule has 0 saturated carbocycles. The van der Waals surface area contributed by atoms with Gasteiger partial charge in [-0.2, -0.15) is 5.10 Å². The molecule has 2 N–H and O–H groups in total. The van der Waals surface area contributed by atoms with E-state index in [1.165, 1.54) is 17.4 Å². The summed E-state index contributed by atoms with van der Waals surface area (Å²) in [6.45, 7) is 5.52. The van der Waals surface area contributed by atoms with Crippen molar-refractivity contribution in [3.63, 3.8) is 0 Å². The molecule has 0 saturated heterocycles. The minimum Gasteiger partial charge on any atom is -0.476 e. The Morgan fingerprint density at radius 3 is 2.62 bits per heavy atom. The number of halogens is 1. The fourth-order valence-corrected chi connectivity index (χ4v) is 5.61. The Morgan fingerprint density at radius 2 is 1.97 bits per heavy atom. The second kappa shape index (κ2) is 9.45. The van der Waals surface area contributed by atoms with Crippen LogP contribution in [0, 0.1) is 13.8 Å². The van der Waals surface area contributed by atoms with E-state index in [0.717, 1.165) is 21.7 Å². The van der Waals surface area contributed by atoms with E-state index in [9.17, 15) is 14.7 Å². The summed E-state index contributed by atoms with van der Waals surface area (Å²) in [7, 11) is 1.84. The van der Waals surface area contributed by atoms with Gasteiger partial charge >= 0.3 is 5.97 Å². The van der Waals surface area contributed by atoms with Gasteiger partial charge in [-0.1, -0.05) is 11.6 Å². The molecule has 5 aromatic heterocycles. The second-order valence-corrected chi connectivity index (χ2v) is 10.3. The predicted octanol–water partition coefficient (Wildman–Crippen LogP) is 5.85. The lowest BCUT2D eigenvalue weighted by atomic mass is 10.1. The van der Waals surface area contributed by atoms with E-state index in [0.29, 0.717) is 32.9 Å². The summed E-state index contributed by atoms with van der Waals surface area (Å²) < 4.78 is 8.59. The van der Waals surface area contributed by atoms with Gasteiger partial charge in [-0.15, -0.1) is 11.3 Å². The molecule has 11 heteroatoms. The summed E-state index contributed by atoms with van der Waals surface area (Å²) in [4.78, 5) is 34.4. The zero-order valence-electron chi connectivity index (χ0n) is 20.4. The molecule has 0 amide bonds. The first-order chi connectivity index (χ1) is 17.6. The number of hydrogen-bond acceptors (Lipinski definition) is 8. The number of anilines is 1. The quantitative estimate of drug-likeness (QED) is 0.259. The third-order valence-corrected chi connectivity index (χ3v) is 7.38. The van der Waals surface area contributed by atoms with E-state index in [1.54, 1.807) is 30.1 Å². The highest BCUT2D eigenvalue weighted by Gasteiger charge is 2.24. The Morgan fingerprint density at radius 1 is 1.19 bits per heavy atom. The number of pyridine rings is 2. The number of carbonyl (C=O) groups is 1. The molecule has 5 rings (SSSR count). The Bertz CT molecular complexity index is 1720. The van der Waals surface area contributed by atoms with Crippen LogP contribution in [0.4, 0.5) is 5.69 Å². The van der Waals surface area contributed by atoms with Crippen LogP contribution in [0.5, 0.6) is 0 Å². The van der Waals surface area contributed by atoms with Gasteiger partial charge in [-0.05, 0) is 45.0 Å². The van der Waals surface area contributed by atoms with Crippen LogP contribution in [-0.4, -0.2) is 30.8 Å². The first kappa shape index (κ1) is 24.7. The molecule has 1 atom stereocenters. The van der Waals surface area contributed by atoms with Gasteiger partial charge in [0.1, 0.15) is 15.6 Å². The summed E-state index contributed by atoms with van der Waals surface area (Å²) in [5, 5.41) is 17.0. The van der Waals surface area contributed by atoms with Crippen LogP contribution in [0.25, 0.3) is 32.9 Å². The van der Waals surface area contributed by atoms with Gasteiger partial charge in [0.2, 0.25) is 5.43 Å². The lowest BCUT2D eigenvalue weighted by Gasteiger charge is -2.17. The number of rotatable bonds is 6. The van der Waals surface area contributed by atoms with E-state index >= 15 is 0 Å². The van der Waals surface area contributed by atoms with Gasteiger partial charge in [0.05, 0.1) is 23.6 Å². The van der Waals surface area contributed by atoms with Crippen LogP contribution < -0.4 is 10.7 Å². The van der Waals surface area contributed by atoms with Crippen molar-refractivity contribution in [3.8, 4) is 22.6 Å². The van der Waals surface area contributed by atoms with Crippen LogP contribution in [0.2, 0.25) is 5.15 Å². The first-order valence-electron chi connectivity index (χ1n) is 11.3. The number of aryl methyl sites for hydroxylation is 2. The zero-order chi connectivity index (χ0) is 26.4. The number of aromatic carboxylic acids is 1. The molecule has 1 unspecified atom stereocenters. The fraction of sp³-hybridized carbons (Fsp3) is 0.192. The van der Waals surface area contributed by atoms with E-state index < -0.39 is 5.97 Å². The van der Waals surface area contributed by atoms with Gasteiger partial charge in [0.15, 0.2) is 11.3 Å². The monoisotopic (exact) mass is 535 g/mol. The zero-order valence-corrected chi connectivity index (χ0v) is 21.9. The number of carboxylic acid groups (broad SMARTS) is 1. The Hall–Kier alpha value is -4.02. The molecule has 0 aliphatic carbocycles. The van der Waals surface area contributed by atoms with Crippen molar-refractivity contribution < 1.29 is 14.3 Å². The number of nitrogens with one attached hydrogen (secondary N) is 1. The lowest BCUT2D eigenvalue weighted by molar-refractivity contribution is 0.0691. The molecule has 5 aromatic rings. The van der Waals surface area contributed by atoms with Crippen molar-refractivity contribution in [2.24, 2.45) is 7.05 Å². The minimum atomic E-state index is -1.20. The van der Waals surface area contributed by atoms with E-state index in [1.807, 2.05) is 39.2 Å². The van der Waals surface area contributed by atoms with Gasteiger partial charge in [0, 0.05) is 46.6 Å². The molecule has 0 aromatic carbocycles. The molecule has 0 aliphatic rings. The molecule has 5 heterocycles. The lowest BCUT2D eigenvalue weighted by Crippen LogP contribution is -2.13. The SMILES string of the molecule is Cc1sc2c(=O)c(C)c(-c3ccc(-c4cnn(C)c4)nc3)oc2c1C(C)Nc1ccc(Cl)nc1C(=O)O. The number of aromatic nitrogens is 4.